The van der Waals surface area contributed by atoms with Crippen LogP contribution in [0.5, 0.6) is 5.75 Å². The summed E-state index contributed by atoms with van der Waals surface area (Å²) in [5.41, 5.74) is 0.847. The van der Waals surface area contributed by atoms with Crippen LogP contribution in [0.3, 0.4) is 0 Å². The molecule has 0 radical (unpaired) electrons. The van der Waals surface area contributed by atoms with E-state index in [1.807, 2.05) is 0 Å². The molecule has 1 saturated heterocycles. The second-order valence-electron chi connectivity index (χ2n) is 8.80. The Labute approximate surface area is 196 Å². The van der Waals surface area contributed by atoms with Gasteiger partial charge < -0.3 is 25.5 Å². The van der Waals surface area contributed by atoms with Crippen molar-refractivity contribution in [3.8, 4) is 11.8 Å². The molecule has 2 heterocycles. The average molecular weight is 474 g/mol. The Bertz CT molecular complexity index is 1080. The summed E-state index contributed by atoms with van der Waals surface area (Å²) in [5.74, 6) is 0.0256. The third-order valence-electron chi connectivity index (χ3n) is 6.38. The van der Waals surface area contributed by atoms with Gasteiger partial charge in [-0.25, -0.2) is 0 Å². The highest BCUT2D eigenvalue weighted by molar-refractivity contribution is 6.35. The van der Waals surface area contributed by atoms with E-state index in [-0.39, 0.29) is 11.6 Å². The number of benzene rings is 1. The number of carbonyl (C=O) groups is 2. The predicted molar refractivity (Wildman–Crippen MR) is 123 cm³/mol. The highest BCUT2D eigenvalue weighted by Gasteiger charge is 2.33. The predicted octanol–water partition coefficient (Wildman–Crippen LogP) is 2.05. The van der Waals surface area contributed by atoms with Crippen molar-refractivity contribution < 1.29 is 19.4 Å². The molecule has 5 N–H and O–H groups in total. The monoisotopic (exact) mass is 473 g/mol. The quantitative estimate of drug-likeness (QED) is 0.377. The number of amides is 2. The number of nitrogens with zero attached hydrogens (tertiary/aromatic N) is 1. The van der Waals surface area contributed by atoms with Gasteiger partial charge in [-0.3, -0.25) is 14.9 Å². The summed E-state index contributed by atoms with van der Waals surface area (Å²) in [6.07, 6.45) is 2.95. The number of ether oxygens (including phenoxy) is 1. The van der Waals surface area contributed by atoms with E-state index in [0.717, 1.165) is 19.3 Å². The number of methoxy groups -OCH3 is 1. The number of rotatable bonds is 9. The maximum absolute atomic E-state index is 13.0. The zero-order chi connectivity index (χ0) is 23.5. The van der Waals surface area contributed by atoms with E-state index in [1.54, 1.807) is 18.2 Å². The van der Waals surface area contributed by atoms with Crippen LogP contribution in [0.25, 0.3) is 10.9 Å². The topological polar surface area (TPSA) is 139 Å². The van der Waals surface area contributed by atoms with Gasteiger partial charge in [0.1, 0.15) is 29.8 Å². The molecule has 2 amide bonds. The molecule has 1 aromatic heterocycles. The first-order valence-corrected chi connectivity index (χ1v) is 11.5. The van der Waals surface area contributed by atoms with Crippen LogP contribution in [0.2, 0.25) is 5.02 Å². The average Bonchev–Trinajstić information content (AvgIpc) is 3.34. The number of aromatic nitrogens is 1. The van der Waals surface area contributed by atoms with Crippen molar-refractivity contribution in [2.24, 2.45) is 11.8 Å². The van der Waals surface area contributed by atoms with Gasteiger partial charge in [0.05, 0.1) is 23.7 Å². The molecule has 33 heavy (non-hydrogen) atoms. The SMILES string of the molecule is COc1ccc(Cl)c2[nH]c(C(=O)NC(CC3CC3)C(=O)NC(C#N)CC3CCNC3O)cc12. The molecule has 9 nitrogen and oxygen atoms in total. The second-order valence-corrected chi connectivity index (χ2v) is 9.21. The van der Waals surface area contributed by atoms with Gasteiger partial charge in [-0.1, -0.05) is 24.4 Å². The molecule has 1 saturated carbocycles. The molecule has 1 aliphatic heterocycles. The number of carbonyl (C=O) groups excluding carboxylic acids is 2. The first-order chi connectivity index (χ1) is 15.9. The number of hydrogen-bond acceptors (Lipinski definition) is 6. The number of aliphatic hydroxyl groups excluding tert-OH is 1. The van der Waals surface area contributed by atoms with Crippen molar-refractivity contribution in [3.05, 3.63) is 28.9 Å². The van der Waals surface area contributed by atoms with Crippen molar-refractivity contribution in [2.75, 3.05) is 13.7 Å². The van der Waals surface area contributed by atoms with Gasteiger partial charge in [-0.05, 0) is 49.9 Å². The third-order valence-corrected chi connectivity index (χ3v) is 6.70. The van der Waals surface area contributed by atoms with Crippen LogP contribution in [-0.4, -0.2) is 53.9 Å². The molecule has 2 aromatic rings. The van der Waals surface area contributed by atoms with Gasteiger partial charge in [0.2, 0.25) is 5.91 Å². The standard InChI is InChI=1S/C23H28ClN5O4/c1-33-19-5-4-16(24)20-15(19)10-18(28-20)23(32)29-17(8-12-2-3-12)22(31)27-14(11-25)9-13-6-7-26-21(13)30/h4-5,10,12-14,17,21,26,28,30H,2-3,6-9H2,1H3,(H,27,31)(H,29,32). The van der Waals surface area contributed by atoms with E-state index in [0.29, 0.717) is 47.0 Å². The van der Waals surface area contributed by atoms with Crippen LogP contribution in [0.4, 0.5) is 0 Å². The summed E-state index contributed by atoms with van der Waals surface area (Å²) < 4.78 is 5.35. The number of nitrogens with one attached hydrogen (secondary N) is 4. The summed E-state index contributed by atoms with van der Waals surface area (Å²) in [6, 6.07) is 5.65. The van der Waals surface area contributed by atoms with E-state index in [9.17, 15) is 20.0 Å². The summed E-state index contributed by atoms with van der Waals surface area (Å²) in [5, 5.41) is 29.1. The number of aliphatic hydroxyl groups is 1. The number of hydrogen-bond donors (Lipinski definition) is 5. The summed E-state index contributed by atoms with van der Waals surface area (Å²) in [6.45, 7) is 0.678. The van der Waals surface area contributed by atoms with Crippen LogP contribution in [0.15, 0.2) is 18.2 Å². The van der Waals surface area contributed by atoms with Gasteiger partial charge in [0.15, 0.2) is 0 Å². The molecule has 4 unspecified atom stereocenters. The minimum absolute atomic E-state index is 0.0995. The lowest BCUT2D eigenvalue weighted by molar-refractivity contribution is -0.123. The van der Waals surface area contributed by atoms with Crippen LogP contribution in [0.1, 0.15) is 42.6 Å². The number of halogens is 1. The Morgan fingerprint density at radius 1 is 1.30 bits per heavy atom. The fourth-order valence-electron chi connectivity index (χ4n) is 4.32. The largest absolute Gasteiger partial charge is 0.496 e. The maximum Gasteiger partial charge on any atom is 0.268 e. The van der Waals surface area contributed by atoms with Crippen LogP contribution >= 0.6 is 11.6 Å². The number of nitriles is 1. The minimum atomic E-state index is -0.767. The highest BCUT2D eigenvalue weighted by atomic mass is 35.5. The molecular formula is C23H28ClN5O4. The molecule has 2 aliphatic rings. The Kier molecular flexibility index (Phi) is 7.08. The fraction of sp³-hybridized carbons (Fsp3) is 0.522. The molecular weight excluding hydrogens is 446 g/mol. The van der Waals surface area contributed by atoms with Gasteiger partial charge in [-0.2, -0.15) is 5.26 Å². The first kappa shape index (κ1) is 23.4. The van der Waals surface area contributed by atoms with E-state index in [1.165, 1.54) is 7.11 Å². The van der Waals surface area contributed by atoms with E-state index in [2.05, 4.69) is 27.0 Å². The molecule has 0 bridgehead atoms. The summed E-state index contributed by atoms with van der Waals surface area (Å²) >= 11 is 6.26. The smallest absolute Gasteiger partial charge is 0.268 e. The molecule has 4 atom stereocenters. The Hall–Kier alpha value is -2.80. The Balaban J connectivity index is 1.46. The lowest BCUT2D eigenvalue weighted by Crippen LogP contribution is -2.50. The minimum Gasteiger partial charge on any atom is -0.496 e. The fourth-order valence-corrected chi connectivity index (χ4v) is 4.53. The van der Waals surface area contributed by atoms with Crippen molar-refractivity contribution in [2.45, 2.75) is 50.4 Å². The van der Waals surface area contributed by atoms with Gasteiger partial charge in [-0.15, -0.1) is 0 Å². The van der Waals surface area contributed by atoms with Crippen LogP contribution in [-0.2, 0) is 4.79 Å². The van der Waals surface area contributed by atoms with Gasteiger partial charge >= 0.3 is 0 Å². The van der Waals surface area contributed by atoms with Crippen molar-refractivity contribution >= 4 is 34.3 Å². The normalized spacial score (nSPS) is 21.9. The van der Waals surface area contributed by atoms with E-state index >= 15 is 0 Å². The summed E-state index contributed by atoms with van der Waals surface area (Å²) in [7, 11) is 1.54. The van der Waals surface area contributed by atoms with E-state index in [4.69, 9.17) is 16.3 Å². The van der Waals surface area contributed by atoms with Crippen LogP contribution in [0, 0.1) is 23.2 Å². The summed E-state index contributed by atoms with van der Waals surface area (Å²) in [4.78, 5) is 29.0. The van der Waals surface area contributed by atoms with Crippen LogP contribution < -0.4 is 20.7 Å². The highest BCUT2D eigenvalue weighted by Crippen LogP contribution is 2.34. The first-order valence-electron chi connectivity index (χ1n) is 11.2. The van der Waals surface area contributed by atoms with Crippen molar-refractivity contribution in [3.63, 3.8) is 0 Å². The zero-order valence-electron chi connectivity index (χ0n) is 18.4. The number of aromatic amines is 1. The lowest BCUT2D eigenvalue weighted by Gasteiger charge is -2.22. The number of fused-ring (bicyclic) bond motifs is 1. The number of H-pyrrole nitrogens is 1. The molecule has 2 fully saturated rings. The molecule has 1 aliphatic carbocycles. The Morgan fingerprint density at radius 3 is 2.73 bits per heavy atom. The maximum atomic E-state index is 13.0. The third kappa shape index (κ3) is 5.41. The molecule has 176 valence electrons. The molecule has 0 spiro atoms. The Morgan fingerprint density at radius 2 is 2.09 bits per heavy atom. The second kappa shape index (κ2) is 10.00. The van der Waals surface area contributed by atoms with Gasteiger partial charge in [0, 0.05) is 11.3 Å². The van der Waals surface area contributed by atoms with Crippen molar-refractivity contribution in [1.82, 2.24) is 20.9 Å². The molecule has 1 aromatic carbocycles. The zero-order valence-corrected chi connectivity index (χ0v) is 19.1. The van der Waals surface area contributed by atoms with Crippen molar-refractivity contribution in [1.29, 1.82) is 5.26 Å². The van der Waals surface area contributed by atoms with Gasteiger partial charge in [0.25, 0.3) is 5.91 Å². The van der Waals surface area contributed by atoms with E-state index < -0.39 is 30.1 Å². The molecule has 4 rings (SSSR count). The lowest BCUT2D eigenvalue weighted by atomic mass is 9.98. The molecule has 10 heteroatoms.